The Morgan fingerprint density at radius 1 is 0.667 bits per heavy atom. The van der Waals surface area contributed by atoms with Crippen molar-refractivity contribution in [1.82, 2.24) is 9.80 Å². The minimum atomic E-state index is -0.292. The second kappa shape index (κ2) is 11.2. The van der Waals surface area contributed by atoms with E-state index < -0.39 is 0 Å². The van der Waals surface area contributed by atoms with Crippen molar-refractivity contribution < 1.29 is 25.2 Å². The largest absolute Gasteiger partial charge is 0.396 e. The van der Waals surface area contributed by atoms with E-state index in [1.165, 1.54) is 9.80 Å². The fourth-order valence-electron chi connectivity index (χ4n) is 1.57. The number of urea groups is 1. The highest BCUT2D eigenvalue weighted by Crippen LogP contribution is 2.02. The molecule has 4 N–H and O–H groups in total. The molecule has 0 bridgehead atoms. The Morgan fingerprint density at radius 2 is 1.06 bits per heavy atom. The third kappa shape index (κ3) is 6.75. The van der Waals surface area contributed by atoms with Crippen LogP contribution in [0.1, 0.15) is 12.8 Å². The zero-order valence-electron chi connectivity index (χ0n) is 10.7. The van der Waals surface area contributed by atoms with Crippen LogP contribution in [-0.2, 0) is 0 Å². The van der Waals surface area contributed by atoms with E-state index in [-0.39, 0.29) is 45.5 Å². The van der Waals surface area contributed by atoms with Crippen LogP contribution >= 0.6 is 0 Å². The highest BCUT2D eigenvalue weighted by atomic mass is 16.3. The molecular formula is C11H24N2O5. The molecule has 0 radical (unpaired) electrons. The Labute approximate surface area is 107 Å². The molecule has 7 nitrogen and oxygen atoms in total. The topological polar surface area (TPSA) is 104 Å². The predicted octanol–water partition coefficient (Wildman–Crippen LogP) is -1.54. The zero-order chi connectivity index (χ0) is 13.8. The first-order valence-corrected chi connectivity index (χ1v) is 6.18. The number of hydrogen-bond acceptors (Lipinski definition) is 5. The summed E-state index contributed by atoms with van der Waals surface area (Å²) in [6.07, 6.45) is 0.923. The molecule has 0 aliphatic heterocycles. The monoisotopic (exact) mass is 264 g/mol. The van der Waals surface area contributed by atoms with E-state index in [9.17, 15) is 4.79 Å². The van der Waals surface area contributed by atoms with Crippen LogP contribution in [0.15, 0.2) is 0 Å². The van der Waals surface area contributed by atoms with Crippen LogP contribution in [0.2, 0.25) is 0 Å². The van der Waals surface area contributed by atoms with Gasteiger partial charge in [-0.2, -0.15) is 0 Å². The SMILES string of the molecule is O=C(N(CCO)CCO)N(CCCO)CCCO. The second-order valence-corrected chi connectivity index (χ2v) is 3.86. The van der Waals surface area contributed by atoms with Gasteiger partial charge in [-0.05, 0) is 12.8 Å². The first-order valence-electron chi connectivity index (χ1n) is 6.18. The van der Waals surface area contributed by atoms with Gasteiger partial charge in [0.2, 0.25) is 0 Å². The van der Waals surface area contributed by atoms with Gasteiger partial charge in [-0.15, -0.1) is 0 Å². The highest BCUT2D eigenvalue weighted by molar-refractivity contribution is 5.74. The lowest BCUT2D eigenvalue weighted by Crippen LogP contribution is -2.46. The Kier molecular flexibility index (Phi) is 10.7. The summed E-state index contributed by atoms with van der Waals surface area (Å²) in [5, 5.41) is 35.3. The van der Waals surface area contributed by atoms with Gasteiger partial charge in [0.05, 0.1) is 13.2 Å². The van der Waals surface area contributed by atoms with Gasteiger partial charge in [0.25, 0.3) is 0 Å². The molecule has 0 rings (SSSR count). The highest BCUT2D eigenvalue weighted by Gasteiger charge is 2.19. The molecule has 0 aromatic heterocycles. The van der Waals surface area contributed by atoms with Gasteiger partial charge in [-0.25, -0.2) is 4.79 Å². The van der Waals surface area contributed by atoms with Crippen molar-refractivity contribution in [3.05, 3.63) is 0 Å². The van der Waals surface area contributed by atoms with Gasteiger partial charge >= 0.3 is 6.03 Å². The summed E-state index contributed by atoms with van der Waals surface area (Å²) in [5.74, 6) is 0. The third-order valence-corrected chi connectivity index (χ3v) is 2.45. The molecule has 108 valence electrons. The van der Waals surface area contributed by atoms with Gasteiger partial charge in [0.1, 0.15) is 0 Å². The summed E-state index contributed by atoms with van der Waals surface area (Å²) in [6, 6.07) is -0.292. The normalized spacial score (nSPS) is 10.4. The molecule has 0 atom stereocenters. The molecule has 0 fully saturated rings. The number of hydrogen-bond donors (Lipinski definition) is 4. The molecule has 0 heterocycles. The van der Waals surface area contributed by atoms with Gasteiger partial charge < -0.3 is 30.2 Å². The summed E-state index contributed by atoms with van der Waals surface area (Å²) in [5.41, 5.74) is 0. The maximum Gasteiger partial charge on any atom is 0.320 e. The third-order valence-electron chi connectivity index (χ3n) is 2.45. The van der Waals surface area contributed by atoms with Crippen molar-refractivity contribution >= 4 is 6.03 Å². The van der Waals surface area contributed by atoms with Crippen LogP contribution in [0.3, 0.4) is 0 Å². The fourth-order valence-corrected chi connectivity index (χ4v) is 1.57. The van der Waals surface area contributed by atoms with Crippen molar-refractivity contribution in [2.75, 3.05) is 52.6 Å². The number of rotatable bonds is 10. The van der Waals surface area contributed by atoms with Crippen molar-refractivity contribution in [3.63, 3.8) is 0 Å². The Bertz CT molecular complexity index is 202. The van der Waals surface area contributed by atoms with E-state index in [2.05, 4.69) is 0 Å². The van der Waals surface area contributed by atoms with Crippen LogP contribution in [0.5, 0.6) is 0 Å². The number of carbonyl (C=O) groups excluding carboxylic acids is 1. The first-order chi connectivity index (χ1) is 8.71. The minimum Gasteiger partial charge on any atom is -0.396 e. The molecule has 0 saturated heterocycles. The molecule has 0 aliphatic carbocycles. The molecule has 0 unspecified atom stereocenters. The van der Waals surface area contributed by atoms with Crippen molar-refractivity contribution in [1.29, 1.82) is 0 Å². The van der Waals surface area contributed by atoms with E-state index in [0.29, 0.717) is 25.9 Å². The maximum atomic E-state index is 12.1. The molecule has 2 amide bonds. The molecule has 0 saturated carbocycles. The fraction of sp³-hybridized carbons (Fsp3) is 0.909. The first kappa shape index (κ1) is 17.1. The average molecular weight is 264 g/mol. The Morgan fingerprint density at radius 3 is 1.39 bits per heavy atom. The quantitative estimate of drug-likeness (QED) is 0.383. The summed E-state index contributed by atoms with van der Waals surface area (Å²) in [7, 11) is 0. The number of carbonyl (C=O) groups is 1. The summed E-state index contributed by atoms with van der Waals surface area (Å²) in [4.78, 5) is 15.0. The van der Waals surface area contributed by atoms with E-state index >= 15 is 0 Å². The lowest BCUT2D eigenvalue weighted by Gasteiger charge is -2.30. The number of amides is 2. The van der Waals surface area contributed by atoms with Crippen molar-refractivity contribution in [3.8, 4) is 0 Å². The van der Waals surface area contributed by atoms with Crippen LogP contribution < -0.4 is 0 Å². The van der Waals surface area contributed by atoms with E-state index in [1.54, 1.807) is 0 Å². The standard InChI is InChI=1S/C11H24N2O5/c14-7-1-3-12(4-2-8-15)11(18)13(5-9-16)6-10-17/h14-17H,1-10H2. The number of aliphatic hydroxyl groups is 4. The summed E-state index contributed by atoms with van der Waals surface area (Å²) < 4.78 is 0. The van der Waals surface area contributed by atoms with E-state index in [4.69, 9.17) is 20.4 Å². The van der Waals surface area contributed by atoms with Crippen molar-refractivity contribution in [2.45, 2.75) is 12.8 Å². The maximum absolute atomic E-state index is 12.1. The molecule has 0 aliphatic rings. The van der Waals surface area contributed by atoms with Crippen molar-refractivity contribution in [2.24, 2.45) is 0 Å². The summed E-state index contributed by atoms with van der Waals surface area (Å²) in [6.45, 7) is 0.749. The Balaban J connectivity index is 4.45. The number of nitrogens with zero attached hydrogens (tertiary/aromatic N) is 2. The van der Waals surface area contributed by atoms with Gasteiger partial charge in [0.15, 0.2) is 0 Å². The summed E-state index contributed by atoms with van der Waals surface area (Å²) >= 11 is 0. The second-order valence-electron chi connectivity index (χ2n) is 3.86. The molecule has 18 heavy (non-hydrogen) atoms. The van der Waals surface area contributed by atoms with Crippen LogP contribution in [0.25, 0.3) is 0 Å². The van der Waals surface area contributed by atoms with E-state index in [1.807, 2.05) is 0 Å². The predicted molar refractivity (Wildman–Crippen MR) is 66.1 cm³/mol. The molecule has 7 heteroatoms. The average Bonchev–Trinajstić information content (AvgIpc) is 2.38. The van der Waals surface area contributed by atoms with Crippen LogP contribution in [-0.4, -0.2) is 88.9 Å². The van der Waals surface area contributed by atoms with Gasteiger partial charge in [-0.1, -0.05) is 0 Å². The molecule has 0 aromatic carbocycles. The van der Waals surface area contributed by atoms with Crippen LogP contribution in [0, 0.1) is 0 Å². The lowest BCUT2D eigenvalue weighted by molar-refractivity contribution is 0.121. The van der Waals surface area contributed by atoms with E-state index in [0.717, 1.165) is 0 Å². The lowest BCUT2D eigenvalue weighted by atomic mass is 10.3. The molecule has 0 spiro atoms. The number of aliphatic hydroxyl groups excluding tert-OH is 4. The van der Waals surface area contributed by atoms with Gasteiger partial charge in [0, 0.05) is 39.4 Å². The Hall–Kier alpha value is -0.890. The minimum absolute atomic E-state index is 0.0110. The van der Waals surface area contributed by atoms with Gasteiger partial charge in [-0.3, -0.25) is 0 Å². The van der Waals surface area contributed by atoms with Crippen LogP contribution in [0.4, 0.5) is 4.79 Å². The zero-order valence-corrected chi connectivity index (χ0v) is 10.7. The smallest absolute Gasteiger partial charge is 0.320 e. The molecular weight excluding hydrogens is 240 g/mol. The molecule has 0 aromatic rings.